The third-order valence-corrected chi connectivity index (χ3v) is 8.15. The molecule has 206 valence electrons. The molecule has 0 spiro atoms. The number of aromatic nitrogens is 1. The highest BCUT2D eigenvalue weighted by Crippen LogP contribution is 2.41. The second-order valence-corrected chi connectivity index (χ2v) is 11.4. The van der Waals surface area contributed by atoms with Gasteiger partial charge in [0.25, 0.3) is 5.91 Å². The number of anilines is 1. The summed E-state index contributed by atoms with van der Waals surface area (Å²) in [6.07, 6.45) is 0. The molecule has 0 aliphatic heterocycles. The third kappa shape index (κ3) is 4.82. The predicted octanol–water partition coefficient (Wildman–Crippen LogP) is 6.84. The van der Waals surface area contributed by atoms with Crippen LogP contribution in [0.25, 0.3) is 55.6 Å². The van der Waals surface area contributed by atoms with Crippen LogP contribution in [0, 0.1) is 5.82 Å². The van der Waals surface area contributed by atoms with Gasteiger partial charge in [-0.3, -0.25) is 9.52 Å². The Morgan fingerprint density at radius 3 is 2.39 bits per heavy atom. The molecular formula is C31H24FN3O5S. The molecule has 10 heteroatoms. The molecule has 2 aromatic heterocycles. The molecule has 0 radical (unpaired) electrons. The van der Waals surface area contributed by atoms with Gasteiger partial charge in [-0.25, -0.2) is 12.8 Å². The van der Waals surface area contributed by atoms with E-state index in [1.165, 1.54) is 31.3 Å². The van der Waals surface area contributed by atoms with Crippen LogP contribution in [-0.4, -0.2) is 32.3 Å². The van der Waals surface area contributed by atoms with Crippen molar-refractivity contribution in [1.82, 2.24) is 10.5 Å². The lowest BCUT2D eigenvalue weighted by molar-refractivity contribution is 0.0964. The molecule has 2 heterocycles. The van der Waals surface area contributed by atoms with Crippen molar-refractivity contribution < 1.29 is 26.5 Å². The van der Waals surface area contributed by atoms with Gasteiger partial charge < -0.3 is 14.3 Å². The number of carbonyl (C=O) groups is 1. The second kappa shape index (κ2) is 10.2. The van der Waals surface area contributed by atoms with Gasteiger partial charge in [-0.05, 0) is 61.0 Å². The summed E-state index contributed by atoms with van der Waals surface area (Å²) in [5.74, 6) is -0.732. The average molecular weight is 570 g/mol. The Morgan fingerprint density at radius 2 is 1.63 bits per heavy atom. The number of benzene rings is 4. The summed E-state index contributed by atoms with van der Waals surface area (Å²) in [4.78, 5) is 13.1. The van der Waals surface area contributed by atoms with Crippen LogP contribution in [0.2, 0.25) is 0 Å². The van der Waals surface area contributed by atoms with Crippen molar-refractivity contribution in [3.63, 3.8) is 0 Å². The van der Waals surface area contributed by atoms with Gasteiger partial charge in [-0.2, -0.15) is 0 Å². The lowest BCUT2D eigenvalue weighted by atomic mass is 9.96. The normalized spacial score (nSPS) is 11.7. The number of nitrogens with zero attached hydrogens (tertiary/aromatic N) is 1. The number of amides is 1. The van der Waals surface area contributed by atoms with Gasteiger partial charge in [-0.15, -0.1) is 0 Å². The number of fused-ring (bicyclic) bond motifs is 2. The predicted molar refractivity (Wildman–Crippen MR) is 157 cm³/mol. The minimum Gasteiger partial charge on any atom is -0.455 e. The maximum Gasteiger partial charge on any atom is 0.255 e. The van der Waals surface area contributed by atoms with Gasteiger partial charge in [0.05, 0.1) is 17.0 Å². The molecule has 0 fully saturated rings. The summed E-state index contributed by atoms with van der Waals surface area (Å²) >= 11 is 0. The van der Waals surface area contributed by atoms with Gasteiger partial charge >= 0.3 is 0 Å². The summed E-state index contributed by atoms with van der Waals surface area (Å²) in [5, 5.41) is 8.21. The van der Waals surface area contributed by atoms with Crippen LogP contribution in [0.3, 0.4) is 0 Å². The van der Waals surface area contributed by atoms with Gasteiger partial charge in [-0.1, -0.05) is 35.5 Å². The quantitative estimate of drug-likeness (QED) is 0.218. The van der Waals surface area contributed by atoms with E-state index in [4.69, 9.17) is 8.94 Å². The fourth-order valence-corrected chi connectivity index (χ4v) is 5.44. The van der Waals surface area contributed by atoms with Crippen molar-refractivity contribution in [1.29, 1.82) is 0 Å². The maximum absolute atomic E-state index is 13.7. The topological polar surface area (TPSA) is 114 Å². The van der Waals surface area contributed by atoms with Crippen molar-refractivity contribution in [3.05, 3.63) is 96.3 Å². The Balaban J connectivity index is 1.60. The van der Waals surface area contributed by atoms with Crippen LogP contribution in [0.15, 0.2) is 93.9 Å². The molecule has 8 nitrogen and oxygen atoms in total. The lowest BCUT2D eigenvalue weighted by Gasteiger charge is -2.13. The summed E-state index contributed by atoms with van der Waals surface area (Å²) in [7, 11) is -2.17. The Labute approximate surface area is 234 Å². The second-order valence-electron chi connectivity index (χ2n) is 9.40. The van der Waals surface area contributed by atoms with E-state index in [1.807, 2.05) is 48.5 Å². The molecule has 0 aliphatic carbocycles. The van der Waals surface area contributed by atoms with Crippen molar-refractivity contribution in [2.45, 2.75) is 6.92 Å². The number of furan rings is 1. The zero-order chi connectivity index (χ0) is 28.7. The van der Waals surface area contributed by atoms with Crippen LogP contribution in [0.5, 0.6) is 0 Å². The van der Waals surface area contributed by atoms with Crippen molar-refractivity contribution in [2.75, 3.05) is 17.5 Å². The molecule has 1 amide bonds. The smallest absolute Gasteiger partial charge is 0.255 e. The third-order valence-electron chi connectivity index (χ3n) is 6.86. The number of nitrogens with one attached hydrogen (secondary N) is 2. The van der Waals surface area contributed by atoms with Gasteiger partial charge in [0.2, 0.25) is 10.0 Å². The van der Waals surface area contributed by atoms with E-state index in [-0.39, 0.29) is 22.8 Å². The molecule has 0 saturated carbocycles. The van der Waals surface area contributed by atoms with Crippen molar-refractivity contribution in [3.8, 4) is 33.7 Å². The summed E-state index contributed by atoms with van der Waals surface area (Å²) in [6.45, 7) is 1.54. The highest BCUT2D eigenvalue weighted by molar-refractivity contribution is 7.92. The number of hydrogen-bond donors (Lipinski definition) is 2. The first-order chi connectivity index (χ1) is 19.8. The molecule has 6 aromatic rings. The van der Waals surface area contributed by atoms with Gasteiger partial charge in [0, 0.05) is 40.6 Å². The highest BCUT2D eigenvalue weighted by atomic mass is 32.2. The lowest BCUT2D eigenvalue weighted by Crippen LogP contribution is -2.18. The number of carbonyl (C=O) groups excluding carboxylic acids is 1. The highest BCUT2D eigenvalue weighted by Gasteiger charge is 2.25. The first-order valence-corrected chi connectivity index (χ1v) is 14.5. The summed E-state index contributed by atoms with van der Waals surface area (Å²) in [6, 6.07) is 23.9. The van der Waals surface area contributed by atoms with Crippen LogP contribution in [0.1, 0.15) is 17.3 Å². The molecule has 2 N–H and O–H groups in total. The van der Waals surface area contributed by atoms with Gasteiger partial charge in [0.15, 0.2) is 5.58 Å². The van der Waals surface area contributed by atoms with E-state index in [2.05, 4.69) is 15.2 Å². The average Bonchev–Trinajstić information content (AvgIpc) is 3.58. The van der Waals surface area contributed by atoms with Crippen LogP contribution in [0.4, 0.5) is 10.1 Å². The Morgan fingerprint density at radius 1 is 0.878 bits per heavy atom. The fraction of sp³-hybridized carbons (Fsp3) is 0.0968. The molecule has 4 aromatic carbocycles. The molecule has 0 atom stereocenters. The largest absolute Gasteiger partial charge is 0.455 e. The first-order valence-electron chi connectivity index (χ1n) is 12.8. The van der Waals surface area contributed by atoms with Crippen LogP contribution in [-0.2, 0) is 10.0 Å². The molecule has 41 heavy (non-hydrogen) atoms. The van der Waals surface area contributed by atoms with Crippen LogP contribution >= 0.6 is 0 Å². The number of para-hydroxylation sites is 1. The number of halogens is 1. The molecule has 0 saturated heterocycles. The van der Waals surface area contributed by atoms with E-state index in [1.54, 1.807) is 19.1 Å². The fourth-order valence-electron chi connectivity index (χ4n) is 4.79. The minimum atomic E-state index is -3.68. The van der Waals surface area contributed by atoms with E-state index in [0.29, 0.717) is 38.9 Å². The zero-order valence-corrected chi connectivity index (χ0v) is 22.9. The number of rotatable bonds is 7. The molecule has 0 unspecified atom stereocenters. The molecular weight excluding hydrogens is 545 g/mol. The van der Waals surface area contributed by atoms with E-state index < -0.39 is 21.7 Å². The summed E-state index contributed by atoms with van der Waals surface area (Å²) < 4.78 is 53.3. The summed E-state index contributed by atoms with van der Waals surface area (Å²) in [5.41, 5.74) is 4.58. The Kier molecular flexibility index (Phi) is 6.55. The van der Waals surface area contributed by atoms with E-state index in [0.717, 1.165) is 10.9 Å². The van der Waals surface area contributed by atoms with Crippen LogP contribution < -0.4 is 10.0 Å². The Bertz CT molecular complexity index is 2050. The molecule has 0 aliphatic rings. The van der Waals surface area contributed by atoms with E-state index >= 15 is 0 Å². The minimum absolute atomic E-state index is 0.141. The van der Waals surface area contributed by atoms with Crippen molar-refractivity contribution in [2.24, 2.45) is 0 Å². The molecule has 0 bridgehead atoms. The monoisotopic (exact) mass is 569 g/mol. The van der Waals surface area contributed by atoms with Gasteiger partial charge in [0.1, 0.15) is 22.9 Å². The maximum atomic E-state index is 13.7. The number of sulfonamides is 1. The van der Waals surface area contributed by atoms with E-state index in [9.17, 15) is 17.6 Å². The number of hydrogen-bond acceptors (Lipinski definition) is 6. The standard InChI is InChI=1S/C31H24FN3O5S/c1-3-41(37,38)35-25-17-27-24(28(31(36)33-2)30(39-27)18-11-13-21(32)14-12-18)16-23(25)19-7-6-8-20(15-19)29-22-9-4-5-10-26(22)40-34-29/h4-17,35H,3H2,1-2H3,(H,33,36). The van der Waals surface area contributed by atoms with Crippen molar-refractivity contribution >= 4 is 43.6 Å². The zero-order valence-electron chi connectivity index (χ0n) is 22.1. The molecule has 6 rings (SSSR count). The first kappa shape index (κ1) is 26.3. The Hall–Kier alpha value is -4.96. The SMILES string of the molecule is CCS(=O)(=O)Nc1cc2oc(-c3ccc(F)cc3)c(C(=O)NC)c2cc1-c1cccc(-c2noc3ccccc23)c1.